The van der Waals surface area contributed by atoms with Crippen LogP contribution in [-0.2, 0) is 0 Å². The van der Waals surface area contributed by atoms with Gasteiger partial charge in [0.15, 0.2) is 0 Å². The Morgan fingerprint density at radius 2 is 1.75 bits per heavy atom. The van der Waals surface area contributed by atoms with Crippen molar-refractivity contribution in [2.75, 3.05) is 19.6 Å². The molecule has 0 bridgehead atoms. The zero-order valence-corrected chi connectivity index (χ0v) is 10.4. The van der Waals surface area contributed by atoms with E-state index in [0.717, 1.165) is 6.54 Å². The predicted octanol–water partition coefficient (Wildman–Crippen LogP) is 2.40. The smallest absolute Gasteiger partial charge is 0.0475 e. The average Bonchev–Trinajstić information content (AvgIpc) is 2.77. The molecule has 1 aromatic carbocycles. The van der Waals surface area contributed by atoms with Crippen molar-refractivity contribution in [2.24, 2.45) is 5.73 Å². The summed E-state index contributed by atoms with van der Waals surface area (Å²) in [6.07, 6.45) is 2.64. The van der Waals surface area contributed by atoms with Gasteiger partial charge in [0, 0.05) is 12.6 Å². The summed E-state index contributed by atoms with van der Waals surface area (Å²) in [6, 6.07) is 6.94. The molecule has 2 nitrogen and oxygen atoms in total. The van der Waals surface area contributed by atoms with Crippen LogP contribution in [0.4, 0.5) is 0 Å². The van der Waals surface area contributed by atoms with Crippen molar-refractivity contribution in [3.8, 4) is 0 Å². The van der Waals surface area contributed by atoms with Crippen LogP contribution in [0.25, 0.3) is 0 Å². The van der Waals surface area contributed by atoms with Crippen LogP contribution in [0.3, 0.4) is 0 Å². The maximum Gasteiger partial charge on any atom is 0.0475 e. The maximum absolute atomic E-state index is 5.98. The van der Waals surface area contributed by atoms with Crippen molar-refractivity contribution in [3.05, 3.63) is 34.9 Å². The van der Waals surface area contributed by atoms with E-state index in [1.807, 2.05) is 0 Å². The molecule has 0 radical (unpaired) electrons. The van der Waals surface area contributed by atoms with Crippen molar-refractivity contribution >= 4 is 0 Å². The first-order valence-electron chi connectivity index (χ1n) is 6.24. The topological polar surface area (TPSA) is 29.3 Å². The van der Waals surface area contributed by atoms with Gasteiger partial charge >= 0.3 is 0 Å². The highest BCUT2D eigenvalue weighted by Gasteiger charge is 2.24. The van der Waals surface area contributed by atoms with Crippen LogP contribution in [0.15, 0.2) is 18.2 Å². The Kier molecular flexibility index (Phi) is 3.62. The van der Waals surface area contributed by atoms with Gasteiger partial charge in [0.25, 0.3) is 0 Å². The number of nitrogens with zero attached hydrogens (tertiary/aromatic N) is 1. The predicted molar refractivity (Wildman–Crippen MR) is 68.5 cm³/mol. The molecule has 2 heteroatoms. The van der Waals surface area contributed by atoms with E-state index in [2.05, 4.69) is 36.9 Å². The molecule has 1 atom stereocenters. The number of rotatable bonds is 3. The Morgan fingerprint density at radius 1 is 1.19 bits per heavy atom. The van der Waals surface area contributed by atoms with E-state index in [0.29, 0.717) is 6.04 Å². The molecular weight excluding hydrogens is 196 g/mol. The molecule has 1 aliphatic rings. The van der Waals surface area contributed by atoms with Crippen molar-refractivity contribution in [1.29, 1.82) is 0 Å². The number of hydrogen-bond acceptors (Lipinski definition) is 2. The molecule has 0 saturated carbocycles. The Balaban J connectivity index is 2.32. The Hall–Kier alpha value is -0.860. The zero-order valence-electron chi connectivity index (χ0n) is 10.4. The van der Waals surface area contributed by atoms with E-state index in [9.17, 15) is 0 Å². The summed E-state index contributed by atoms with van der Waals surface area (Å²) in [5.74, 6) is 0. The minimum Gasteiger partial charge on any atom is -0.329 e. The number of likely N-dealkylation sites (tertiary alicyclic amines) is 1. The Morgan fingerprint density at radius 3 is 2.25 bits per heavy atom. The number of benzene rings is 1. The quantitative estimate of drug-likeness (QED) is 0.844. The lowest BCUT2D eigenvalue weighted by Gasteiger charge is -2.29. The average molecular weight is 218 g/mol. The molecule has 16 heavy (non-hydrogen) atoms. The number of hydrogen-bond donors (Lipinski definition) is 1. The molecule has 0 aliphatic carbocycles. The molecule has 0 aromatic heterocycles. The lowest BCUT2D eigenvalue weighted by molar-refractivity contribution is 0.250. The van der Waals surface area contributed by atoms with Gasteiger partial charge in [0.1, 0.15) is 0 Å². The van der Waals surface area contributed by atoms with Gasteiger partial charge < -0.3 is 5.73 Å². The van der Waals surface area contributed by atoms with Crippen LogP contribution < -0.4 is 5.73 Å². The fourth-order valence-electron chi connectivity index (χ4n) is 2.86. The highest BCUT2D eigenvalue weighted by Crippen LogP contribution is 2.28. The van der Waals surface area contributed by atoms with Crippen molar-refractivity contribution in [2.45, 2.75) is 32.7 Å². The molecule has 1 fully saturated rings. The van der Waals surface area contributed by atoms with Gasteiger partial charge in [0.2, 0.25) is 0 Å². The molecule has 2 N–H and O–H groups in total. The Bertz CT molecular complexity index is 334. The van der Waals surface area contributed by atoms with Gasteiger partial charge in [0.05, 0.1) is 0 Å². The van der Waals surface area contributed by atoms with Gasteiger partial charge in [-0.1, -0.05) is 18.2 Å². The number of nitrogens with two attached hydrogens (primary N) is 1. The fraction of sp³-hybridized carbons (Fsp3) is 0.571. The molecule has 1 saturated heterocycles. The third-order valence-corrected chi connectivity index (χ3v) is 3.68. The standard InChI is InChI=1S/C14H22N2/c1-11-6-5-7-12(2)14(11)13(10-15)16-8-3-4-9-16/h5-7,13H,3-4,8-10,15H2,1-2H3. The molecular formula is C14H22N2. The summed E-state index contributed by atoms with van der Waals surface area (Å²) in [7, 11) is 0. The first-order valence-corrected chi connectivity index (χ1v) is 6.24. The number of aryl methyl sites for hydroxylation is 2. The molecule has 1 aromatic rings. The van der Waals surface area contributed by atoms with Gasteiger partial charge in [-0.25, -0.2) is 0 Å². The van der Waals surface area contributed by atoms with E-state index < -0.39 is 0 Å². The summed E-state index contributed by atoms with van der Waals surface area (Å²) < 4.78 is 0. The normalized spacial score (nSPS) is 18.9. The van der Waals surface area contributed by atoms with Crippen LogP contribution in [0.1, 0.15) is 35.6 Å². The van der Waals surface area contributed by atoms with E-state index in [1.165, 1.54) is 42.6 Å². The highest BCUT2D eigenvalue weighted by molar-refractivity contribution is 5.36. The minimum absolute atomic E-state index is 0.420. The third kappa shape index (κ3) is 2.13. The maximum atomic E-state index is 5.98. The monoisotopic (exact) mass is 218 g/mol. The van der Waals surface area contributed by atoms with Crippen LogP contribution in [0.2, 0.25) is 0 Å². The first-order chi connectivity index (χ1) is 7.74. The zero-order chi connectivity index (χ0) is 11.5. The van der Waals surface area contributed by atoms with Crippen LogP contribution in [0, 0.1) is 13.8 Å². The van der Waals surface area contributed by atoms with Crippen molar-refractivity contribution < 1.29 is 0 Å². The molecule has 1 aliphatic heterocycles. The summed E-state index contributed by atoms with van der Waals surface area (Å²) in [5.41, 5.74) is 10.2. The summed E-state index contributed by atoms with van der Waals surface area (Å²) in [5, 5.41) is 0. The van der Waals surface area contributed by atoms with Gasteiger partial charge in [-0.15, -0.1) is 0 Å². The molecule has 2 rings (SSSR count). The molecule has 1 heterocycles. The molecule has 88 valence electrons. The lowest BCUT2D eigenvalue weighted by Crippen LogP contribution is -2.32. The van der Waals surface area contributed by atoms with Crippen LogP contribution >= 0.6 is 0 Å². The molecule has 1 unspecified atom stereocenters. The second kappa shape index (κ2) is 4.98. The van der Waals surface area contributed by atoms with E-state index in [4.69, 9.17) is 5.73 Å². The van der Waals surface area contributed by atoms with E-state index in [-0.39, 0.29) is 0 Å². The van der Waals surface area contributed by atoms with E-state index >= 15 is 0 Å². The first kappa shape index (κ1) is 11.6. The summed E-state index contributed by atoms with van der Waals surface area (Å²) in [4.78, 5) is 2.54. The van der Waals surface area contributed by atoms with Gasteiger partial charge in [-0.05, 0) is 56.5 Å². The third-order valence-electron chi connectivity index (χ3n) is 3.68. The summed E-state index contributed by atoms with van der Waals surface area (Å²) in [6.45, 7) is 7.53. The lowest BCUT2D eigenvalue weighted by atomic mass is 9.95. The molecule has 0 amide bonds. The molecule has 0 spiro atoms. The van der Waals surface area contributed by atoms with Crippen molar-refractivity contribution in [3.63, 3.8) is 0 Å². The van der Waals surface area contributed by atoms with Crippen molar-refractivity contribution in [1.82, 2.24) is 4.90 Å². The largest absolute Gasteiger partial charge is 0.329 e. The second-order valence-corrected chi connectivity index (χ2v) is 4.80. The second-order valence-electron chi connectivity index (χ2n) is 4.80. The SMILES string of the molecule is Cc1cccc(C)c1C(CN)N1CCCC1. The van der Waals surface area contributed by atoms with Gasteiger partial charge in [-0.2, -0.15) is 0 Å². The van der Waals surface area contributed by atoms with Crippen LogP contribution in [-0.4, -0.2) is 24.5 Å². The minimum atomic E-state index is 0.420. The van der Waals surface area contributed by atoms with Gasteiger partial charge in [-0.3, -0.25) is 4.90 Å². The fourth-order valence-corrected chi connectivity index (χ4v) is 2.86. The van der Waals surface area contributed by atoms with Crippen LogP contribution in [0.5, 0.6) is 0 Å². The Labute approximate surface area is 98.4 Å². The summed E-state index contributed by atoms with van der Waals surface area (Å²) >= 11 is 0. The highest BCUT2D eigenvalue weighted by atomic mass is 15.2. The van der Waals surface area contributed by atoms with E-state index in [1.54, 1.807) is 0 Å².